The van der Waals surface area contributed by atoms with E-state index >= 15 is 0 Å². The molecule has 0 radical (unpaired) electrons. The Balaban J connectivity index is 2.60. The van der Waals surface area contributed by atoms with Gasteiger partial charge in [0.1, 0.15) is 5.01 Å². The summed E-state index contributed by atoms with van der Waals surface area (Å²) in [5.41, 5.74) is 7.43. The van der Waals surface area contributed by atoms with Crippen LogP contribution in [-0.2, 0) is 5.54 Å². The van der Waals surface area contributed by atoms with E-state index in [1.807, 2.05) is 39.0 Å². The minimum Gasteiger partial charge on any atom is -0.321 e. The Morgan fingerprint density at radius 1 is 1.22 bits per heavy atom. The van der Waals surface area contributed by atoms with Crippen LogP contribution in [0.15, 0.2) is 18.2 Å². The summed E-state index contributed by atoms with van der Waals surface area (Å²) < 4.78 is 0. The van der Waals surface area contributed by atoms with Crippen molar-refractivity contribution in [3.05, 3.63) is 38.8 Å². The van der Waals surface area contributed by atoms with Gasteiger partial charge in [-0.15, -0.1) is 11.3 Å². The Morgan fingerprint density at radius 2 is 1.78 bits per heavy atom. The van der Waals surface area contributed by atoms with E-state index in [1.165, 1.54) is 0 Å². The molecule has 0 amide bonds. The van der Waals surface area contributed by atoms with Gasteiger partial charge in [0.25, 0.3) is 0 Å². The molecule has 0 saturated carbocycles. The van der Waals surface area contributed by atoms with Crippen molar-refractivity contribution in [3.63, 3.8) is 0 Å². The van der Waals surface area contributed by atoms with Crippen LogP contribution in [0.1, 0.15) is 24.4 Å². The van der Waals surface area contributed by atoms with Crippen LogP contribution in [0.5, 0.6) is 0 Å². The fourth-order valence-electron chi connectivity index (χ4n) is 1.80. The molecule has 96 valence electrons. The fourth-order valence-corrected chi connectivity index (χ4v) is 3.65. The summed E-state index contributed by atoms with van der Waals surface area (Å²) in [7, 11) is 0. The van der Waals surface area contributed by atoms with Crippen LogP contribution in [0.25, 0.3) is 10.6 Å². The summed E-state index contributed by atoms with van der Waals surface area (Å²) >= 11 is 13.9. The summed E-state index contributed by atoms with van der Waals surface area (Å²) in [6.45, 7) is 5.88. The minimum absolute atomic E-state index is 0.409. The molecule has 1 aromatic heterocycles. The molecule has 2 nitrogen and oxygen atoms in total. The van der Waals surface area contributed by atoms with Crippen LogP contribution in [0, 0.1) is 6.92 Å². The second kappa shape index (κ2) is 4.82. The number of aryl methyl sites for hydroxylation is 1. The van der Waals surface area contributed by atoms with Crippen LogP contribution in [0.3, 0.4) is 0 Å². The fraction of sp³-hybridized carbons (Fsp3) is 0.308. The molecule has 0 fully saturated rings. The normalized spacial score (nSPS) is 11.9. The van der Waals surface area contributed by atoms with Gasteiger partial charge in [-0.2, -0.15) is 0 Å². The molecular weight excluding hydrogens is 287 g/mol. The zero-order valence-electron chi connectivity index (χ0n) is 10.4. The Morgan fingerprint density at radius 3 is 2.22 bits per heavy atom. The summed E-state index contributed by atoms with van der Waals surface area (Å²) in [5.74, 6) is 0. The smallest absolute Gasteiger partial charge is 0.126 e. The van der Waals surface area contributed by atoms with Crippen molar-refractivity contribution >= 4 is 34.5 Å². The van der Waals surface area contributed by atoms with Gasteiger partial charge in [0.05, 0.1) is 15.7 Å². The molecule has 0 saturated heterocycles. The van der Waals surface area contributed by atoms with Gasteiger partial charge in [-0.05, 0) is 32.9 Å². The predicted octanol–water partition coefficient (Wildman–Crippen LogP) is 4.62. The third kappa shape index (κ3) is 2.54. The van der Waals surface area contributed by atoms with E-state index in [0.717, 1.165) is 21.1 Å². The topological polar surface area (TPSA) is 38.9 Å². The largest absolute Gasteiger partial charge is 0.321 e. The molecule has 0 spiro atoms. The quantitative estimate of drug-likeness (QED) is 0.879. The molecular formula is C13H14Cl2N2S. The number of nitrogens with two attached hydrogens (primary N) is 1. The van der Waals surface area contributed by atoms with Crippen molar-refractivity contribution in [1.29, 1.82) is 0 Å². The van der Waals surface area contributed by atoms with Crippen LogP contribution < -0.4 is 5.73 Å². The van der Waals surface area contributed by atoms with Gasteiger partial charge < -0.3 is 5.73 Å². The standard InChI is InChI=1S/C13H14Cl2N2S/c1-7-11(13(2,3)16)18-12(17-7)10-8(14)5-4-6-9(10)15/h4-6H,16H2,1-3H3. The summed E-state index contributed by atoms with van der Waals surface area (Å²) in [5, 5.41) is 2.03. The van der Waals surface area contributed by atoms with E-state index in [1.54, 1.807) is 11.3 Å². The number of hydrogen-bond donors (Lipinski definition) is 1. The lowest BCUT2D eigenvalue weighted by Gasteiger charge is -2.16. The molecule has 5 heteroatoms. The maximum atomic E-state index is 6.19. The highest BCUT2D eigenvalue weighted by molar-refractivity contribution is 7.15. The summed E-state index contributed by atoms with van der Waals surface area (Å²) in [4.78, 5) is 5.59. The average Bonchev–Trinajstić information content (AvgIpc) is 2.59. The van der Waals surface area contributed by atoms with Crippen LogP contribution >= 0.6 is 34.5 Å². The van der Waals surface area contributed by atoms with Crippen LogP contribution in [-0.4, -0.2) is 4.98 Å². The van der Waals surface area contributed by atoms with Crippen LogP contribution in [0.2, 0.25) is 10.0 Å². The first-order chi connectivity index (χ1) is 8.30. The van der Waals surface area contributed by atoms with E-state index in [-0.39, 0.29) is 0 Å². The lowest BCUT2D eigenvalue weighted by Crippen LogP contribution is -2.28. The lowest BCUT2D eigenvalue weighted by molar-refractivity contribution is 0.562. The molecule has 0 bridgehead atoms. The van der Waals surface area contributed by atoms with Crippen LogP contribution in [0.4, 0.5) is 0 Å². The molecule has 2 aromatic rings. The molecule has 0 aliphatic heterocycles. The second-order valence-corrected chi connectivity index (χ2v) is 6.57. The van der Waals surface area contributed by atoms with Crippen molar-refractivity contribution in [3.8, 4) is 10.6 Å². The highest BCUT2D eigenvalue weighted by atomic mass is 35.5. The monoisotopic (exact) mass is 300 g/mol. The Hall–Kier alpha value is -0.610. The molecule has 2 rings (SSSR count). The van der Waals surface area contributed by atoms with E-state index < -0.39 is 5.54 Å². The third-order valence-corrected chi connectivity index (χ3v) is 4.70. The Bertz CT molecular complexity index is 565. The van der Waals surface area contributed by atoms with E-state index in [4.69, 9.17) is 28.9 Å². The molecule has 2 N–H and O–H groups in total. The zero-order chi connectivity index (χ0) is 13.5. The zero-order valence-corrected chi connectivity index (χ0v) is 12.7. The van der Waals surface area contributed by atoms with E-state index in [0.29, 0.717) is 10.0 Å². The maximum Gasteiger partial charge on any atom is 0.126 e. The van der Waals surface area contributed by atoms with Gasteiger partial charge in [0, 0.05) is 16.0 Å². The first-order valence-electron chi connectivity index (χ1n) is 5.52. The number of rotatable bonds is 2. The Kier molecular flexibility index (Phi) is 3.70. The van der Waals surface area contributed by atoms with Crippen molar-refractivity contribution in [1.82, 2.24) is 4.98 Å². The predicted molar refractivity (Wildman–Crippen MR) is 79.5 cm³/mol. The summed E-state index contributed by atoms with van der Waals surface area (Å²) in [6, 6.07) is 5.45. The van der Waals surface area contributed by atoms with Gasteiger partial charge in [-0.1, -0.05) is 29.3 Å². The number of aromatic nitrogens is 1. The highest BCUT2D eigenvalue weighted by Crippen LogP contribution is 2.39. The number of benzene rings is 1. The highest BCUT2D eigenvalue weighted by Gasteiger charge is 2.23. The average molecular weight is 301 g/mol. The maximum absolute atomic E-state index is 6.19. The molecule has 0 aliphatic carbocycles. The summed E-state index contributed by atoms with van der Waals surface area (Å²) in [6.07, 6.45) is 0. The molecule has 0 unspecified atom stereocenters. The molecule has 1 aromatic carbocycles. The van der Waals surface area contributed by atoms with Gasteiger partial charge in [0.15, 0.2) is 0 Å². The van der Waals surface area contributed by atoms with Crippen molar-refractivity contribution < 1.29 is 0 Å². The van der Waals surface area contributed by atoms with Gasteiger partial charge in [-0.3, -0.25) is 0 Å². The van der Waals surface area contributed by atoms with Gasteiger partial charge >= 0.3 is 0 Å². The lowest BCUT2D eigenvalue weighted by atomic mass is 10.0. The van der Waals surface area contributed by atoms with Crippen molar-refractivity contribution in [2.45, 2.75) is 26.3 Å². The number of hydrogen-bond acceptors (Lipinski definition) is 3. The third-order valence-electron chi connectivity index (χ3n) is 2.56. The molecule has 18 heavy (non-hydrogen) atoms. The van der Waals surface area contributed by atoms with Crippen molar-refractivity contribution in [2.75, 3.05) is 0 Å². The molecule has 0 aliphatic rings. The number of halogens is 2. The van der Waals surface area contributed by atoms with E-state index in [9.17, 15) is 0 Å². The second-order valence-electron chi connectivity index (χ2n) is 4.75. The Labute approximate surface area is 121 Å². The SMILES string of the molecule is Cc1nc(-c2c(Cl)cccc2Cl)sc1C(C)(C)N. The van der Waals surface area contributed by atoms with Gasteiger partial charge in [0.2, 0.25) is 0 Å². The first-order valence-corrected chi connectivity index (χ1v) is 7.09. The number of thiazole rings is 1. The molecule has 0 atom stereocenters. The van der Waals surface area contributed by atoms with Crippen molar-refractivity contribution in [2.24, 2.45) is 5.73 Å². The minimum atomic E-state index is -0.409. The number of nitrogens with zero attached hydrogens (tertiary/aromatic N) is 1. The molecule has 1 heterocycles. The van der Waals surface area contributed by atoms with Gasteiger partial charge in [-0.25, -0.2) is 4.98 Å². The van der Waals surface area contributed by atoms with E-state index in [2.05, 4.69) is 4.98 Å². The first kappa shape index (κ1) is 13.8.